The molecule has 0 radical (unpaired) electrons. The number of hydrogen-bond donors (Lipinski definition) is 0. The van der Waals surface area contributed by atoms with Crippen LogP contribution >= 0.6 is 0 Å². The molecule has 58 valence electrons. The zero-order valence-electron chi connectivity index (χ0n) is 5.00. The van der Waals surface area contributed by atoms with Gasteiger partial charge in [-0.1, -0.05) is 0 Å². The second kappa shape index (κ2) is 2.33. The van der Waals surface area contributed by atoms with Crippen LogP contribution in [-0.2, 0) is 0 Å². The molecule has 11 heavy (non-hydrogen) atoms. The van der Waals surface area contributed by atoms with Crippen molar-refractivity contribution in [2.24, 2.45) is 0 Å². The summed E-state index contributed by atoms with van der Waals surface area (Å²) in [6.07, 6.45) is 0.774. The molecular formula is C3HN4O4-. The van der Waals surface area contributed by atoms with Gasteiger partial charge in [0.1, 0.15) is 6.33 Å². The van der Waals surface area contributed by atoms with Gasteiger partial charge < -0.3 is 20.2 Å². The highest BCUT2D eigenvalue weighted by atomic mass is 16.6. The Morgan fingerprint density at radius 1 is 1.36 bits per heavy atom. The lowest BCUT2D eigenvalue weighted by atomic mass is 10.7. The first-order valence-electron chi connectivity index (χ1n) is 2.39. The average Bonchev–Trinajstić information content (AvgIpc) is 2.32. The molecule has 0 aliphatic carbocycles. The topological polar surface area (TPSA) is 113 Å². The van der Waals surface area contributed by atoms with E-state index in [-0.39, 0.29) is 0 Å². The molecule has 0 aliphatic rings. The van der Waals surface area contributed by atoms with Gasteiger partial charge in [-0.2, -0.15) is 9.91 Å². The standard InChI is InChI=1S/C3HN4O4/c8-6(9)2-3(7(10)11)5-1-4-2/h1H/q-1. The summed E-state index contributed by atoms with van der Waals surface area (Å²) in [5.41, 5.74) is 0. The summed E-state index contributed by atoms with van der Waals surface area (Å²) in [5, 5.41) is 20.0. The van der Waals surface area contributed by atoms with Crippen molar-refractivity contribution in [3.8, 4) is 0 Å². The number of hydrogen-bond acceptors (Lipinski definition) is 5. The molecule has 8 heteroatoms. The van der Waals surface area contributed by atoms with E-state index in [4.69, 9.17) is 0 Å². The fraction of sp³-hybridized carbons (Fsp3) is 0. The van der Waals surface area contributed by atoms with Gasteiger partial charge in [0.2, 0.25) is 5.82 Å². The first kappa shape index (κ1) is 7.12. The van der Waals surface area contributed by atoms with Gasteiger partial charge in [-0.15, -0.1) is 0 Å². The number of nitrogens with zero attached hydrogens (tertiary/aromatic N) is 4. The van der Waals surface area contributed by atoms with Gasteiger partial charge in [0.15, 0.2) is 0 Å². The van der Waals surface area contributed by atoms with E-state index in [2.05, 4.69) is 9.97 Å². The molecule has 1 aromatic rings. The van der Waals surface area contributed by atoms with Gasteiger partial charge in [-0.05, 0) is 4.92 Å². The van der Waals surface area contributed by atoms with Crippen LogP contribution in [0.1, 0.15) is 0 Å². The van der Waals surface area contributed by atoms with Gasteiger partial charge in [-0.3, -0.25) is 0 Å². The van der Waals surface area contributed by atoms with Crippen molar-refractivity contribution in [2.45, 2.75) is 0 Å². The molecule has 0 amide bonds. The second-order valence-electron chi connectivity index (χ2n) is 1.54. The molecule has 0 bridgehead atoms. The Labute approximate surface area is 59.2 Å². The first-order valence-corrected chi connectivity index (χ1v) is 2.39. The number of nitro groups is 2. The van der Waals surface area contributed by atoms with Gasteiger partial charge in [0.05, 0.1) is 0 Å². The normalized spacial score (nSPS) is 9.45. The van der Waals surface area contributed by atoms with Crippen molar-refractivity contribution in [1.29, 1.82) is 0 Å². The monoisotopic (exact) mass is 157 g/mol. The van der Waals surface area contributed by atoms with E-state index >= 15 is 0 Å². The predicted octanol–water partition coefficient (Wildman–Crippen LogP) is -0.145. The van der Waals surface area contributed by atoms with Gasteiger partial charge in [-0.25, -0.2) is 4.98 Å². The van der Waals surface area contributed by atoms with Crippen LogP contribution in [0.25, 0.3) is 0 Å². The molecule has 0 aromatic carbocycles. The summed E-state index contributed by atoms with van der Waals surface area (Å²) in [4.78, 5) is 24.2. The SMILES string of the molecule is O=[N+]([O-])c1nc[n-]c1[N+](=O)[O-]. The van der Waals surface area contributed by atoms with Crippen molar-refractivity contribution in [1.82, 2.24) is 9.97 Å². The lowest BCUT2D eigenvalue weighted by Crippen LogP contribution is -1.95. The highest BCUT2D eigenvalue weighted by Gasteiger charge is 2.12. The second-order valence-corrected chi connectivity index (χ2v) is 1.54. The molecule has 1 aromatic heterocycles. The summed E-state index contributed by atoms with van der Waals surface area (Å²) in [5.74, 6) is -1.65. The Bertz CT molecular complexity index is 276. The third kappa shape index (κ3) is 1.13. The third-order valence-electron chi connectivity index (χ3n) is 0.906. The first-order chi connectivity index (χ1) is 5.13. The minimum atomic E-state index is -0.953. The van der Waals surface area contributed by atoms with Crippen LogP contribution in [0.15, 0.2) is 6.33 Å². The molecule has 0 saturated carbocycles. The fourth-order valence-corrected chi connectivity index (χ4v) is 0.511. The molecule has 0 spiro atoms. The van der Waals surface area contributed by atoms with Crippen molar-refractivity contribution in [3.63, 3.8) is 0 Å². The van der Waals surface area contributed by atoms with Crippen LogP contribution in [0.3, 0.4) is 0 Å². The minimum absolute atomic E-state index is 0.774. The highest BCUT2D eigenvalue weighted by Crippen LogP contribution is 2.18. The summed E-state index contributed by atoms with van der Waals surface area (Å²) in [7, 11) is 0. The minimum Gasteiger partial charge on any atom is -0.459 e. The molecule has 1 heterocycles. The Morgan fingerprint density at radius 2 is 2.00 bits per heavy atom. The Kier molecular flexibility index (Phi) is 1.51. The molecular weight excluding hydrogens is 156 g/mol. The van der Waals surface area contributed by atoms with Gasteiger partial charge in [0.25, 0.3) is 0 Å². The molecule has 0 aliphatic heterocycles. The van der Waals surface area contributed by atoms with E-state index in [1.807, 2.05) is 0 Å². The molecule has 0 atom stereocenters. The molecule has 1 rings (SSSR count). The fourth-order valence-electron chi connectivity index (χ4n) is 0.511. The maximum Gasteiger partial charge on any atom is 0.308 e. The van der Waals surface area contributed by atoms with E-state index in [9.17, 15) is 20.2 Å². The van der Waals surface area contributed by atoms with Crippen LogP contribution in [0.2, 0.25) is 0 Å². The Morgan fingerprint density at radius 3 is 2.36 bits per heavy atom. The maximum absolute atomic E-state index is 9.99. The molecule has 0 unspecified atom stereocenters. The van der Waals surface area contributed by atoms with Crippen molar-refractivity contribution < 1.29 is 9.85 Å². The highest BCUT2D eigenvalue weighted by molar-refractivity contribution is 5.38. The summed E-state index contributed by atoms with van der Waals surface area (Å²) >= 11 is 0. The summed E-state index contributed by atoms with van der Waals surface area (Å²) < 4.78 is 0. The molecule has 0 fully saturated rings. The molecule has 0 saturated heterocycles. The summed E-state index contributed by atoms with van der Waals surface area (Å²) in [6, 6.07) is 0. The largest absolute Gasteiger partial charge is 0.459 e. The van der Waals surface area contributed by atoms with Crippen LogP contribution in [0, 0.1) is 20.2 Å². The predicted molar refractivity (Wildman–Crippen MR) is 30.9 cm³/mol. The Balaban J connectivity index is 3.16. The van der Waals surface area contributed by atoms with Crippen LogP contribution in [0.4, 0.5) is 11.6 Å². The van der Waals surface area contributed by atoms with Crippen molar-refractivity contribution in [3.05, 3.63) is 26.6 Å². The van der Waals surface area contributed by atoms with Crippen LogP contribution < -0.4 is 4.98 Å². The molecule has 0 N–H and O–H groups in total. The van der Waals surface area contributed by atoms with E-state index in [1.54, 1.807) is 0 Å². The molecule has 8 nitrogen and oxygen atoms in total. The van der Waals surface area contributed by atoms with Crippen molar-refractivity contribution >= 4 is 11.6 Å². The van der Waals surface area contributed by atoms with E-state index < -0.39 is 21.5 Å². The maximum atomic E-state index is 9.99. The van der Waals surface area contributed by atoms with E-state index in [0.29, 0.717) is 0 Å². The number of imidazole rings is 1. The lowest BCUT2D eigenvalue weighted by Gasteiger charge is -2.00. The smallest absolute Gasteiger partial charge is 0.308 e. The van der Waals surface area contributed by atoms with E-state index in [1.165, 1.54) is 0 Å². The number of rotatable bonds is 2. The lowest BCUT2D eigenvalue weighted by molar-refractivity contribution is -0.427. The average molecular weight is 157 g/mol. The summed E-state index contributed by atoms with van der Waals surface area (Å²) in [6.45, 7) is 0. The zero-order chi connectivity index (χ0) is 8.43. The zero-order valence-corrected chi connectivity index (χ0v) is 5.00. The Hall–Kier alpha value is -1.99. The quantitative estimate of drug-likeness (QED) is 0.435. The van der Waals surface area contributed by atoms with Gasteiger partial charge in [0, 0.05) is 0 Å². The van der Waals surface area contributed by atoms with Crippen LogP contribution in [0.5, 0.6) is 0 Å². The number of aromatic nitrogens is 2. The van der Waals surface area contributed by atoms with Gasteiger partial charge >= 0.3 is 5.82 Å². The van der Waals surface area contributed by atoms with Crippen LogP contribution in [-0.4, -0.2) is 14.8 Å². The third-order valence-corrected chi connectivity index (χ3v) is 0.906. The van der Waals surface area contributed by atoms with E-state index in [0.717, 1.165) is 6.33 Å². The van der Waals surface area contributed by atoms with Crippen molar-refractivity contribution in [2.75, 3.05) is 0 Å².